The topological polar surface area (TPSA) is 38.1 Å². The zero-order valence-corrected chi connectivity index (χ0v) is 19.3. The minimum atomic E-state index is 0.122. The minimum Gasteiger partial charge on any atom is -0.328 e. The molecular formula is C25H30BrN3O. The van der Waals surface area contributed by atoms with Gasteiger partial charge in [-0.3, -0.25) is 4.79 Å². The van der Waals surface area contributed by atoms with E-state index in [-0.39, 0.29) is 11.8 Å². The Labute approximate surface area is 187 Å². The number of aryl methyl sites for hydroxylation is 1. The van der Waals surface area contributed by atoms with E-state index in [0.717, 1.165) is 34.5 Å². The highest BCUT2D eigenvalue weighted by atomic mass is 79.9. The third kappa shape index (κ3) is 4.46. The fraction of sp³-hybridized carbons (Fsp3) is 0.440. The van der Waals surface area contributed by atoms with E-state index in [1.165, 1.54) is 37.6 Å². The van der Waals surface area contributed by atoms with Crippen molar-refractivity contribution in [2.75, 3.05) is 11.4 Å². The molecule has 0 bridgehead atoms. The van der Waals surface area contributed by atoms with E-state index in [0.29, 0.717) is 13.0 Å². The van der Waals surface area contributed by atoms with E-state index in [2.05, 4.69) is 45.6 Å². The number of fused-ring (bicyclic) bond motifs is 1. The van der Waals surface area contributed by atoms with Crippen LogP contribution in [0, 0.1) is 0 Å². The number of unbranched alkanes of at least 4 members (excludes halogenated alkanes) is 5. The van der Waals surface area contributed by atoms with Gasteiger partial charge < -0.3 is 9.47 Å². The molecule has 0 aliphatic carbocycles. The van der Waals surface area contributed by atoms with Crippen LogP contribution in [0.2, 0.25) is 0 Å². The average molecular weight is 468 g/mol. The van der Waals surface area contributed by atoms with Crippen molar-refractivity contribution >= 4 is 38.6 Å². The van der Waals surface area contributed by atoms with Crippen LogP contribution in [0.4, 0.5) is 5.69 Å². The Balaban J connectivity index is 1.55. The van der Waals surface area contributed by atoms with Crippen molar-refractivity contribution in [1.29, 1.82) is 0 Å². The van der Waals surface area contributed by atoms with Crippen molar-refractivity contribution in [3.05, 3.63) is 58.8 Å². The van der Waals surface area contributed by atoms with Crippen LogP contribution in [-0.2, 0) is 11.3 Å². The summed E-state index contributed by atoms with van der Waals surface area (Å²) >= 11 is 3.60. The molecule has 1 aliphatic heterocycles. The summed E-state index contributed by atoms with van der Waals surface area (Å²) in [6.45, 7) is 3.91. The molecule has 1 aromatic heterocycles. The molecule has 0 saturated carbocycles. The Morgan fingerprint density at radius 1 is 1.00 bits per heavy atom. The summed E-state index contributed by atoms with van der Waals surface area (Å²) in [6.07, 6.45) is 8.15. The van der Waals surface area contributed by atoms with Gasteiger partial charge in [0.2, 0.25) is 5.91 Å². The SMILES string of the molecule is CCCCCCCCn1c(C2CC(=O)N(c3ccccc3Br)C2)nc2ccccc21. The number of benzene rings is 2. The number of nitrogens with zero attached hydrogens (tertiary/aromatic N) is 3. The molecule has 1 aliphatic rings. The average Bonchev–Trinajstić information content (AvgIpc) is 3.31. The molecule has 4 nitrogen and oxygen atoms in total. The number of hydrogen-bond donors (Lipinski definition) is 0. The number of para-hydroxylation sites is 3. The molecule has 1 unspecified atom stereocenters. The summed E-state index contributed by atoms with van der Waals surface area (Å²) in [6, 6.07) is 16.3. The molecular weight excluding hydrogens is 438 g/mol. The van der Waals surface area contributed by atoms with Crippen molar-refractivity contribution in [3.63, 3.8) is 0 Å². The van der Waals surface area contributed by atoms with Crippen LogP contribution in [0.3, 0.4) is 0 Å². The van der Waals surface area contributed by atoms with Gasteiger partial charge in [0.05, 0.1) is 16.7 Å². The third-order valence-corrected chi connectivity index (χ3v) is 6.72. The summed E-state index contributed by atoms with van der Waals surface area (Å²) in [5.74, 6) is 1.36. The van der Waals surface area contributed by atoms with Crippen LogP contribution < -0.4 is 4.90 Å². The lowest BCUT2D eigenvalue weighted by atomic mass is 10.1. The molecule has 0 N–H and O–H groups in total. The van der Waals surface area contributed by atoms with Crippen LogP contribution in [0.15, 0.2) is 53.0 Å². The van der Waals surface area contributed by atoms with Gasteiger partial charge >= 0.3 is 0 Å². The molecule has 1 saturated heterocycles. The summed E-state index contributed by atoms with van der Waals surface area (Å²) in [7, 11) is 0. The second kappa shape index (κ2) is 9.78. The number of imidazole rings is 1. The van der Waals surface area contributed by atoms with E-state index in [1.807, 2.05) is 35.2 Å². The zero-order chi connectivity index (χ0) is 20.9. The fourth-order valence-electron chi connectivity index (χ4n) is 4.48. The number of carbonyl (C=O) groups excluding carboxylic acids is 1. The first-order chi connectivity index (χ1) is 14.7. The van der Waals surface area contributed by atoms with Gasteiger partial charge in [0, 0.05) is 29.9 Å². The smallest absolute Gasteiger partial charge is 0.227 e. The Bertz CT molecular complexity index is 1010. The molecule has 1 amide bonds. The Morgan fingerprint density at radius 3 is 2.57 bits per heavy atom. The standard InChI is InChI=1S/C25H30BrN3O/c1-2-3-4-5-6-11-16-28-23-15-10-8-13-21(23)27-25(28)19-17-24(30)29(18-19)22-14-9-7-12-20(22)26/h7-10,12-15,19H,2-6,11,16-18H2,1H3. The van der Waals surface area contributed by atoms with Gasteiger partial charge in [-0.25, -0.2) is 4.98 Å². The summed E-state index contributed by atoms with van der Waals surface area (Å²) in [5, 5.41) is 0. The summed E-state index contributed by atoms with van der Waals surface area (Å²) in [4.78, 5) is 19.8. The van der Waals surface area contributed by atoms with E-state index < -0.39 is 0 Å². The largest absolute Gasteiger partial charge is 0.328 e. The molecule has 158 valence electrons. The van der Waals surface area contributed by atoms with E-state index in [1.54, 1.807) is 0 Å². The summed E-state index contributed by atoms with van der Waals surface area (Å²) in [5.41, 5.74) is 3.17. The molecule has 0 radical (unpaired) electrons. The van der Waals surface area contributed by atoms with Gasteiger partial charge in [-0.1, -0.05) is 63.3 Å². The molecule has 1 atom stereocenters. The number of carbonyl (C=O) groups is 1. The first-order valence-electron chi connectivity index (χ1n) is 11.2. The highest BCUT2D eigenvalue weighted by molar-refractivity contribution is 9.10. The molecule has 4 rings (SSSR count). The lowest BCUT2D eigenvalue weighted by Gasteiger charge is -2.18. The predicted octanol–water partition coefficient (Wildman–Crippen LogP) is 6.68. The van der Waals surface area contributed by atoms with Gasteiger partial charge in [-0.05, 0) is 46.6 Å². The molecule has 5 heteroatoms. The third-order valence-electron chi connectivity index (χ3n) is 6.05. The maximum atomic E-state index is 12.9. The lowest BCUT2D eigenvalue weighted by molar-refractivity contribution is -0.117. The monoisotopic (exact) mass is 467 g/mol. The van der Waals surface area contributed by atoms with Gasteiger partial charge in [-0.2, -0.15) is 0 Å². The number of rotatable bonds is 9. The van der Waals surface area contributed by atoms with Crippen LogP contribution in [0.1, 0.15) is 63.6 Å². The quantitative estimate of drug-likeness (QED) is 0.329. The highest BCUT2D eigenvalue weighted by Gasteiger charge is 2.35. The second-order valence-corrected chi connectivity index (χ2v) is 9.09. The Morgan fingerprint density at radius 2 is 1.73 bits per heavy atom. The summed E-state index contributed by atoms with van der Waals surface area (Å²) < 4.78 is 3.33. The van der Waals surface area contributed by atoms with Crippen molar-refractivity contribution in [3.8, 4) is 0 Å². The number of amides is 1. The van der Waals surface area contributed by atoms with Crippen LogP contribution in [0.5, 0.6) is 0 Å². The molecule has 2 heterocycles. The second-order valence-electron chi connectivity index (χ2n) is 8.23. The first-order valence-corrected chi connectivity index (χ1v) is 12.0. The zero-order valence-electron chi connectivity index (χ0n) is 17.7. The van der Waals surface area contributed by atoms with Crippen molar-refractivity contribution in [2.45, 2.75) is 64.3 Å². The molecule has 1 fully saturated rings. The number of aromatic nitrogens is 2. The minimum absolute atomic E-state index is 0.122. The van der Waals surface area contributed by atoms with Crippen LogP contribution in [0.25, 0.3) is 11.0 Å². The van der Waals surface area contributed by atoms with E-state index in [4.69, 9.17) is 4.98 Å². The predicted molar refractivity (Wildman–Crippen MR) is 127 cm³/mol. The van der Waals surface area contributed by atoms with E-state index >= 15 is 0 Å². The number of halogens is 1. The van der Waals surface area contributed by atoms with Gasteiger partial charge in [0.25, 0.3) is 0 Å². The normalized spacial score (nSPS) is 16.7. The highest BCUT2D eigenvalue weighted by Crippen LogP contribution is 2.36. The van der Waals surface area contributed by atoms with Gasteiger partial charge in [-0.15, -0.1) is 0 Å². The van der Waals surface area contributed by atoms with Crippen LogP contribution >= 0.6 is 15.9 Å². The Hall–Kier alpha value is -2.14. The van der Waals surface area contributed by atoms with Crippen molar-refractivity contribution in [1.82, 2.24) is 9.55 Å². The van der Waals surface area contributed by atoms with Crippen molar-refractivity contribution < 1.29 is 4.79 Å². The number of anilines is 1. The van der Waals surface area contributed by atoms with Gasteiger partial charge in [0.15, 0.2) is 0 Å². The molecule has 3 aromatic rings. The van der Waals surface area contributed by atoms with E-state index in [9.17, 15) is 4.79 Å². The maximum Gasteiger partial charge on any atom is 0.227 e. The molecule has 2 aromatic carbocycles. The Kier molecular flexibility index (Phi) is 6.88. The molecule has 30 heavy (non-hydrogen) atoms. The maximum absolute atomic E-state index is 12.9. The van der Waals surface area contributed by atoms with Crippen molar-refractivity contribution in [2.24, 2.45) is 0 Å². The number of hydrogen-bond acceptors (Lipinski definition) is 2. The lowest BCUT2D eigenvalue weighted by Crippen LogP contribution is -2.25. The van der Waals surface area contributed by atoms with Crippen LogP contribution in [-0.4, -0.2) is 22.0 Å². The fourth-order valence-corrected chi connectivity index (χ4v) is 4.97. The molecule has 0 spiro atoms. The van der Waals surface area contributed by atoms with Gasteiger partial charge in [0.1, 0.15) is 5.82 Å². The first kappa shape index (κ1) is 21.1.